The Morgan fingerprint density at radius 2 is 1.90 bits per heavy atom. The molecule has 0 bridgehead atoms. The van der Waals surface area contributed by atoms with E-state index < -0.39 is 0 Å². The van der Waals surface area contributed by atoms with E-state index in [0.29, 0.717) is 17.1 Å². The number of aliphatic imine (C=N–C) groups is 1. The molecule has 0 fully saturated rings. The third kappa shape index (κ3) is 3.72. The molecule has 0 aromatic heterocycles. The highest BCUT2D eigenvalue weighted by atomic mass is 14.8. The second kappa shape index (κ2) is 3.71. The molecule has 4 N–H and O–H groups in total. The Bertz CT molecular complexity index is 185. The summed E-state index contributed by atoms with van der Waals surface area (Å²) < 4.78 is 0. The lowest BCUT2D eigenvalue weighted by atomic mass is 10.3. The van der Waals surface area contributed by atoms with E-state index in [-0.39, 0.29) is 0 Å². The molecule has 0 atom stereocenters. The van der Waals surface area contributed by atoms with Crippen molar-refractivity contribution in [1.82, 2.24) is 0 Å². The third-order valence-electron chi connectivity index (χ3n) is 0.927. The van der Waals surface area contributed by atoms with E-state index >= 15 is 0 Å². The van der Waals surface area contributed by atoms with Crippen LogP contribution in [0.2, 0.25) is 0 Å². The zero-order valence-corrected chi connectivity index (χ0v) is 6.39. The standard InChI is InChI=1S/C7H13N3/c1-5(8)4-10-7(3)6(2)9/h4H,2,8-9H2,1,3H3/b5-4-,10-7-. The lowest BCUT2D eigenvalue weighted by Crippen LogP contribution is -2.05. The van der Waals surface area contributed by atoms with Crippen LogP contribution in [0, 0.1) is 0 Å². The molecular formula is C7H13N3. The van der Waals surface area contributed by atoms with Crippen molar-refractivity contribution in [2.75, 3.05) is 0 Å². The SMILES string of the molecule is C=C(N)/C(C)=N\C=C(\C)N. The van der Waals surface area contributed by atoms with Crippen LogP contribution in [0.4, 0.5) is 0 Å². The van der Waals surface area contributed by atoms with Crippen molar-refractivity contribution in [1.29, 1.82) is 0 Å². The first-order chi connectivity index (χ1) is 4.54. The molecule has 0 heterocycles. The van der Waals surface area contributed by atoms with Gasteiger partial charge in [-0.1, -0.05) is 6.58 Å². The number of nitrogens with two attached hydrogens (primary N) is 2. The van der Waals surface area contributed by atoms with Gasteiger partial charge in [0.25, 0.3) is 0 Å². The minimum atomic E-state index is 0.470. The summed E-state index contributed by atoms with van der Waals surface area (Å²) in [6.07, 6.45) is 1.55. The monoisotopic (exact) mass is 139 g/mol. The lowest BCUT2D eigenvalue weighted by Gasteiger charge is -1.94. The summed E-state index contributed by atoms with van der Waals surface area (Å²) in [6, 6.07) is 0. The third-order valence-corrected chi connectivity index (χ3v) is 0.927. The van der Waals surface area contributed by atoms with Crippen LogP contribution in [0.25, 0.3) is 0 Å². The van der Waals surface area contributed by atoms with Crippen LogP contribution in [0.3, 0.4) is 0 Å². The molecule has 0 aliphatic rings. The molecule has 10 heavy (non-hydrogen) atoms. The van der Waals surface area contributed by atoms with E-state index in [1.54, 1.807) is 20.0 Å². The maximum Gasteiger partial charge on any atom is 0.0596 e. The van der Waals surface area contributed by atoms with Crippen LogP contribution >= 0.6 is 0 Å². The van der Waals surface area contributed by atoms with Gasteiger partial charge in [0, 0.05) is 17.6 Å². The highest BCUT2D eigenvalue weighted by Crippen LogP contribution is 1.88. The Morgan fingerprint density at radius 3 is 2.20 bits per heavy atom. The molecule has 0 aliphatic heterocycles. The fourth-order valence-corrected chi connectivity index (χ4v) is 0.282. The predicted octanol–water partition coefficient (Wildman–Crippen LogP) is 0.740. The summed E-state index contributed by atoms with van der Waals surface area (Å²) in [5.41, 5.74) is 12.5. The number of allylic oxidation sites excluding steroid dienone is 2. The van der Waals surface area contributed by atoms with E-state index in [0.717, 1.165) is 0 Å². The van der Waals surface area contributed by atoms with Gasteiger partial charge < -0.3 is 11.5 Å². The van der Waals surface area contributed by atoms with Gasteiger partial charge in [-0.15, -0.1) is 0 Å². The van der Waals surface area contributed by atoms with Gasteiger partial charge in [-0.05, 0) is 13.8 Å². The van der Waals surface area contributed by atoms with Gasteiger partial charge in [0.05, 0.1) is 5.71 Å². The molecule has 3 heteroatoms. The van der Waals surface area contributed by atoms with Crippen molar-refractivity contribution in [3.8, 4) is 0 Å². The summed E-state index contributed by atoms with van der Waals surface area (Å²) in [6.45, 7) is 7.05. The Hall–Kier alpha value is -1.25. The fraction of sp³-hybridized carbons (Fsp3) is 0.286. The van der Waals surface area contributed by atoms with E-state index in [4.69, 9.17) is 11.5 Å². The largest absolute Gasteiger partial charge is 0.401 e. The second-order valence-corrected chi connectivity index (χ2v) is 2.11. The van der Waals surface area contributed by atoms with E-state index in [1.165, 1.54) is 0 Å². The smallest absolute Gasteiger partial charge is 0.0596 e. The lowest BCUT2D eigenvalue weighted by molar-refractivity contribution is 1.27. The molecule has 0 rings (SSSR count). The Labute approximate surface area is 61.1 Å². The Morgan fingerprint density at radius 1 is 1.40 bits per heavy atom. The second-order valence-electron chi connectivity index (χ2n) is 2.11. The van der Waals surface area contributed by atoms with Crippen LogP contribution in [0.5, 0.6) is 0 Å². The number of rotatable bonds is 2. The number of hydrogen-bond donors (Lipinski definition) is 2. The van der Waals surface area contributed by atoms with E-state index in [9.17, 15) is 0 Å². The number of hydrogen-bond acceptors (Lipinski definition) is 3. The first kappa shape index (κ1) is 8.75. The molecule has 0 aromatic carbocycles. The molecule has 0 spiro atoms. The van der Waals surface area contributed by atoms with E-state index in [2.05, 4.69) is 11.6 Å². The van der Waals surface area contributed by atoms with Crippen LogP contribution in [0.1, 0.15) is 13.8 Å². The highest BCUT2D eigenvalue weighted by Gasteiger charge is 1.87. The first-order valence-electron chi connectivity index (χ1n) is 2.95. The fourth-order valence-electron chi connectivity index (χ4n) is 0.282. The van der Waals surface area contributed by atoms with Crippen LogP contribution in [-0.2, 0) is 0 Å². The summed E-state index contributed by atoms with van der Waals surface area (Å²) in [4.78, 5) is 3.93. The van der Waals surface area contributed by atoms with Gasteiger partial charge in [0.2, 0.25) is 0 Å². The van der Waals surface area contributed by atoms with Gasteiger partial charge in [0.15, 0.2) is 0 Å². The molecule has 0 amide bonds. The molecule has 0 saturated heterocycles. The Balaban J connectivity index is 4.19. The molecule has 0 aromatic rings. The minimum absolute atomic E-state index is 0.470. The van der Waals surface area contributed by atoms with Gasteiger partial charge in [-0.25, -0.2) is 0 Å². The van der Waals surface area contributed by atoms with Gasteiger partial charge >= 0.3 is 0 Å². The van der Waals surface area contributed by atoms with Crippen molar-refractivity contribution in [2.45, 2.75) is 13.8 Å². The van der Waals surface area contributed by atoms with Crippen molar-refractivity contribution in [3.63, 3.8) is 0 Å². The highest BCUT2D eigenvalue weighted by molar-refractivity contribution is 5.97. The molecule has 0 saturated carbocycles. The molecule has 56 valence electrons. The van der Waals surface area contributed by atoms with Crippen molar-refractivity contribution in [3.05, 3.63) is 24.2 Å². The van der Waals surface area contributed by atoms with Gasteiger partial charge in [-0.2, -0.15) is 0 Å². The first-order valence-corrected chi connectivity index (χ1v) is 2.95. The normalized spacial score (nSPS) is 13.4. The predicted molar refractivity (Wildman–Crippen MR) is 44.4 cm³/mol. The molecule has 3 nitrogen and oxygen atoms in total. The summed E-state index contributed by atoms with van der Waals surface area (Å²) >= 11 is 0. The summed E-state index contributed by atoms with van der Waals surface area (Å²) in [5.74, 6) is 0. The van der Waals surface area contributed by atoms with Gasteiger partial charge in [-0.3, -0.25) is 4.99 Å². The van der Waals surface area contributed by atoms with Gasteiger partial charge in [0.1, 0.15) is 0 Å². The van der Waals surface area contributed by atoms with Crippen LogP contribution in [0.15, 0.2) is 29.2 Å². The van der Waals surface area contributed by atoms with Crippen molar-refractivity contribution >= 4 is 5.71 Å². The molecule has 0 aliphatic carbocycles. The minimum Gasteiger partial charge on any atom is -0.401 e. The topological polar surface area (TPSA) is 64.4 Å². The quantitative estimate of drug-likeness (QED) is 0.554. The summed E-state index contributed by atoms with van der Waals surface area (Å²) in [7, 11) is 0. The maximum absolute atomic E-state index is 5.33. The Kier molecular flexibility index (Phi) is 3.25. The molecule has 0 unspecified atom stereocenters. The van der Waals surface area contributed by atoms with E-state index in [1.807, 2.05) is 0 Å². The zero-order chi connectivity index (χ0) is 8.15. The average molecular weight is 139 g/mol. The van der Waals surface area contributed by atoms with Crippen LogP contribution in [-0.4, -0.2) is 5.71 Å². The number of nitrogens with zero attached hydrogens (tertiary/aromatic N) is 1. The average Bonchev–Trinajstić information content (AvgIpc) is 1.82. The molecule has 0 radical (unpaired) electrons. The zero-order valence-electron chi connectivity index (χ0n) is 6.39. The van der Waals surface area contributed by atoms with Crippen molar-refractivity contribution in [2.24, 2.45) is 16.5 Å². The maximum atomic E-state index is 5.33. The molecular weight excluding hydrogens is 126 g/mol. The summed E-state index contributed by atoms with van der Waals surface area (Å²) in [5, 5.41) is 0. The van der Waals surface area contributed by atoms with Crippen molar-refractivity contribution < 1.29 is 0 Å². The van der Waals surface area contributed by atoms with Crippen LogP contribution < -0.4 is 11.5 Å².